The lowest BCUT2D eigenvalue weighted by molar-refractivity contribution is -0.0399. The summed E-state index contributed by atoms with van der Waals surface area (Å²) in [6.07, 6.45) is 4.39. The van der Waals surface area contributed by atoms with Crippen LogP contribution in [0, 0.1) is 0 Å². The molecule has 2 aliphatic carbocycles. The summed E-state index contributed by atoms with van der Waals surface area (Å²) in [6, 6.07) is -0.155. The molecule has 6 heteroatoms. The van der Waals surface area contributed by atoms with E-state index >= 15 is 0 Å². The minimum Gasteiger partial charge on any atom is -0.348 e. The number of aromatic nitrogens is 2. The topological polar surface area (TPSA) is 57.8 Å². The Kier molecular flexibility index (Phi) is 3.48. The Morgan fingerprint density at radius 3 is 2.70 bits per heavy atom. The number of hydrogen-bond acceptors (Lipinski definition) is 2. The van der Waals surface area contributed by atoms with E-state index in [0.29, 0.717) is 18.5 Å². The van der Waals surface area contributed by atoms with Crippen molar-refractivity contribution in [2.75, 3.05) is 0 Å². The van der Waals surface area contributed by atoms with Crippen molar-refractivity contribution in [3.05, 3.63) is 17.0 Å². The van der Waals surface area contributed by atoms with Gasteiger partial charge in [-0.3, -0.25) is 9.89 Å². The van der Waals surface area contributed by atoms with Crippen LogP contribution in [0.2, 0.25) is 0 Å². The predicted molar refractivity (Wildman–Crippen MR) is 69.9 cm³/mol. The van der Waals surface area contributed by atoms with Crippen LogP contribution in [0.1, 0.15) is 60.3 Å². The molecule has 4 nitrogen and oxygen atoms in total. The largest absolute Gasteiger partial charge is 0.348 e. The van der Waals surface area contributed by atoms with Gasteiger partial charge in [-0.2, -0.15) is 5.10 Å². The Hall–Kier alpha value is -1.46. The minimum atomic E-state index is -2.56. The van der Waals surface area contributed by atoms with Gasteiger partial charge in [0.05, 0.1) is 0 Å². The summed E-state index contributed by atoms with van der Waals surface area (Å²) in [7, 11) is 0. The van der Waals surface area contributed by atoms with Crippen molar-refractivity contribution in [2.24, 2.45) is 0 Å². The Bertz CT molecular complexity index is 503. The molecule has 1 heterocycles. The number of aryl methyl sites for hydroxylation is 1. The number of nitrogens with zero attached hydrogens (tertiary/aromatic N) is 1. The van der Waals surface area contributed by atoms with Crippen LogP contribution < -0.4 is 5.32 Å². The molecular weight excluding hydrogens is 264 g/mol. The SMILES string of the molecule is O=C(NC1CCC(F)(F)CC1)c1n[nH]c2c1CCCC2. The van der Waals surface area contributed by atoms with Crippen LogP contribution in [0.3, 0.4) is 0 Å². The maximum atomic E-state index is 13.1. The predicted octanol–water partition coefficient (Wildman–Crippen LogP) is 2.60. The fraction of sp³-hybridized carbons (Fsp3) is 0.714. The zero-order chi connectivity index (χ0) is 14.2. The number of nitrogens with one attached hydrogen (secondary N) is 2. The first-order valence-corrected chi connectivity index (χ1v) is 7.30. The second kappa shape index (κ2) is 5.14. The van der Waals surface area contributed by atoms with Crippen LogP contribution in [0.15, 0.2) is 0 Å². The molecule has 2 aliphatic rings. The Balaban J connectivity index is 1.64. The number of rotatable bonds is 2. The van der Waals surface area contributed by atoms with Gasteiger partial charge in [-0.1, -0.05) is 0 Å². The van der Waals surface area contributed by atoms with E-state index < -0.39 is 5.92 Å². The molecule has 0 spiro atoms. The minimum absolute atomic E-state index is 0.142. The molecule has 1 fully saturated rings. The van der Waals surface area contributed by atoms with Crippen molar-refractivity contribution in [3.8, 4) is 0 Å². The van der Waals surface area contributed by atoms with Gasteiger partial charge in [0.1, 0.15) is 0 Å². The van der Waals surface area contributed by atoms with E-state index in [-0.39, 0.29) is 24.8 Å². The van der Waals surface area contributed by atoms with Crippen molar-refractivity contribution in [3.63, 3.8) is 0 Å². The molecule has 0 bridgehead atoms. The number of alkyl halides is 2. The molecule has 110 valence electrons. The molecule has 2 N–H and O–H groups in total. The Labute approximate surface area is 116 Å². The van der Waals surface area contributed by atoms with Crippen LogP contribution in [-0.4, -0.2) is 28.1 Å². The molecule has 1 aromatic rings. The maximum Gasteiger partial charge on any atom is 0.272 e. The van der Waals surface area contributed by atoms with Crippen LogP contribution in [-0.2, 0) is 12.8 Å². The summed E-state index contributed by atoms with van der Waals surface area (Å²) in [5.74, 6) is -2.79. The van der Waals surface area contributed by atoms with Gasteiger partial charge in [0.15, 0.2) is 5.69 Å². The third-order valence-corrected chi connectivity index (χ3v) is 4.32. The summed E-state index contributed by atoms with van der Waals surface area (Å²) >= 11 is 0. The van der Waals surface area contributed by atoms with Gasteiger partial charge < -0.3 is 5.32 Å². The maximum absolute atomic E-state index is 13.1. The third kappa shape index (κ3) is 2.69. The number of hydrogen-bond donors (Lipinski definition) is 2. The normalized spacial score (nSPS) is 22.3. The van der Waals surface area contributed by atoms with E-state index in [1.54, 1.807) is 0 Å². The number of H-pyrrole nitrogens is 1. The summed E-state index contributed by atoms with van der Waals surface area (Å²) < 4.78 is 26.2. The average Bonchev–Trinajstić information content (AvgIpc) is 2.85. The van der Waals surface area contributed by atoms with Crippen LogP contribution in [0.4, 0.5) is 8.78 Å². The second-order valence-corrected chi connectivity index (χ2v) is 5.84. The average molecular weight is 283 g/mol. The smallest absolute Gasteiger partial charge is 0.272 e. The Morgan fingerprint density at radius 2 is 1.95 bits per heavy atom. The standard InChI is InChI=1S/C14H19F2N3O/c15-14(16)7-5-9(6-8-14)17-13(20)12-10-3-1-2-4-11(10)18-19-12/h9H,1-8H2,(H,17,20)(H,18,19). The van der Waals surface area contributed by atoms with Crippen molar-refractivity contribution in [2.45, 2.75) is 63.3 Å². The molecule has 1 aromatic heterocycles. The van der Waals surface area contributed by atoms with Gasteiger partial charge >= 0.3 is 0 Å². The van der Waals surface area contributed by atoms with E-state index in [9.17, 15) is 13.6 Å². The van der Waals surface area contributed by atoms with Crippen molar-refractivity contribution < 1.29 is 13.6 Å². The third-order valence-electron chi connectivity index (χ3n) is 4.32. The summed E-state index contributed by atoms with van der Waals surface area (Å²) in [4.78, 5) is 12.2. The van der Waals surface area contributed by atoms with Crippen LogP contribution >= 0.6 is 0 Å². The number of fused-ring (bicyclic) bond motifs is 1. The fourth-order valence-electron chi connectivity index (χ4n) is 3.11. The quantitative estimate of drug-likeness (QED) is 0.876. The van der Waals surface area contributed by atoms with Gasteiger partial charge in [-0.15, -0.1) is 0 Å². The number of halogens is 2. The molecular formula is C14H19F2N3O. The lowest BCUT2D eigenvalue weighted by atomic mass is 9.91. The first-order valence-electron chi connectivity index (χ1n) is 7.30. The number of amides is 1. The number of carbonyl (C=O) groups excluding carboxylic acids is 1. The van der Waals surface area contributed by atoms with Crippen molar-refractivity contribution in [1.82, 2.24) is 15.5 Å². The number of carbonyl (C=O) groups is 1. The highest BCUT2D eigenvalue weighted by Crippen LogP contribution is 2.33. The summed E-state index contributed by atoms with van der Waals surface area (Å²) in [6.45, 7) is 0. The van der Waals surface area contributed by atoms with E-state index in [2.05, 4.69) is 15.5 Å². The van der Waals surface area contributed by atoms with Gasteiger partial charge in [0, 0.05) is 30.1 Å². The van der Waals surface area contributed by atoms with E-state index in [4.69, 9.17) is 0 Å². The summed E-state index contributed by atoms with van der Waals surface area (Å²) in [5.41, 5.74) is 2.52. The van der Waals surface area contributed by atoms with Crippen LogP contribution in [0.25, 0.3) is 0 Å². The molecule has 0 saturated heterocycles. The molecule has 0 unspecified atom stereocenters. The number of aromatic amines is 1. The zero-order valence-electron chi connectivity index (χ0n) is 11.3. The molecule has 1 saturated carbocycles. The second-order valence-electron chi connectivity index (χ2n) is 5.84. The highest BCUT2D eigenvalue weighted by molar-refractivity contribution is 5.94. The Morgan fingerprint density at radius 1 is 1.25 bits per heavy atom. The van der Waals surface area contributed by atoms with Crippen molar-refractivity contribution >= 4 is 5.91 Å². The van der Waals surface area contributed by atoms with E-state index in [1.165, 1.54) is 0 Å². The lowest BCUT2D eigenvalue weighted by Gasteiger charge is -2.28. The van der Waals surface area contributed by atoms with Gasteiger partial charge in [-0.25, -0.2) is 8.78 Å². The first-order chi connectivity index (χ1) is 9.55. The monoisotopic (exact) mass is 283 g/mol. The van der Waals surface area contributed by atoms with E-state index in [1.807, 2.05) is 0 Å². The lowest BCUT2D eigenvalue weighted by Crippen LogP contribution is -2.40. The first kappa shape index (κ1) is 13.5. The molecule has 0 aromatic carbocycles. The van der Waals surface area contributed by atoms with Gasteiger partial charge in [-0.05, 0) is 38.5 Å². The fourth-order valence-corrected chi connectivity index (χ4v) is 3.11. The molecule has 20 heavy (non-hydrogen) atoms. The van der Waals surface area contributed by atoms with E-state index in [0.717, 1.165) is 36.9 Å². The molecule has 3 rings (SSSR count). The molecule has 0 atom stereocenters. The molecule has 0 radical (unpaired) electrons. The van der Waals surface area contributed by atoms with Crippen LogP contribution in [0.5, 0.6) is 0 Å². The van der Waals surface area contributed by atoms with Crippen molar-refractivity contribution in [1.29, 1.82) is 0 Å². The highest BCUT2D eigenvalue weighted by Gasteiger charge is 2.35. The summed E-state index contributed by atoms with van der Waals surface area (Å²) in [5, 5.41) is 9.89. The zero-order valence-corrected chi connectivity index (χ0v) is 11.3. The van der Waals surface area contributed by atoms with Gasteiger partial charge in [0.2, 0.25) is 5.92 Å². The molecule has 1 amide bonds. The highest BCUT2D eigenvalue weighted by atomic mass is 19.3. The van der Waals surface area contributed by atoms with Gasteiger partial charge in [0.25, 0.3) is 5.91 Å². The molecule has 0 aliphatic heterocycles.